The molecule has 31 heavy (non-hydrogen) atoms. The van der Waals surface area contributed by atoms with Gasteiger partial charge in [-0.3, -0.25) is 9.59 Å². The van der Waals surface area contributed by atoms with Crippen molar-refractivity contribution in [1.29, 1.82) is 0 Å². The third-order valence-electron chi connectivity index (χ3n) is 5.01. The van der Waals surface area contributed by atoms with Gasteiger partial charge in [-0.05, 0) is 36.1 Å². The van der Waals surface area contributed by atoms with Crippen LogP contribution in [0.25, 0.3) is 0 Å². The number of benzene rings is 2. The second kappa shape index (κ2) is 9.82. The Labute approximate surface area is 181 Å². The second-order valence-electron chi connectivity index (χ2n) is 7.31. The summed E-state index contributed by atoms with van der Waals surface area (Å²) in [7, 11) is -0.359. The van der Waals surface area contributed by atoms with Crippen LogP contribution < -0.4 is 18.9 Å². The van der Waals surface area contributed by atoms with E-state index in [0.29, 0.717) is 23.0 Å². The highest BCUT2D eigenvalue weighted by Gasteiger charge is 2.40. The molecule has 0 saturated carbocycles. The first-order valence-corrected chi connectivity index (χ1v) is 11.5. The van der Waals surface area contributed by atoms with Gasteiger partial charge in [-0.15, -0.1) is 0 Å². The third kappa shape index (κ3) is 6.45. The number of ether oxygens (including phenoxy) is 4. The Kier molecular flexibility index (Phi) is 7.17. The number of esters is 2. The number of carbonyl (C=O) groups excluding carboxylic acids is 2. The zero-order valence-corrected chi connectivity index (χ0v) is 18.1. The summed E-state index contributed by atoms with van der Waals surface area (Å²) in [5.74, 6) is -0.851. The summed E-state index contributed by atoms with van der Waals surface area (Å²) in [6, 6.07) is 13.1. The highest BCUT2D eigenvalue weighted by Crippen LogP contribution is 2.32. The van der Waals surface area contributed by atoms with Crippen molar-refractivity contribution < 1.29 is 37.0 Å². The van der Waals surface area contributed by atoms with E-state index in [1.807, 2.05) is 0 Å². The van der Waals surface area contributed by atoms with Crippen LogP contribution >= 0.6 is 0 Å². The van der Waals surface area contributed by atoms with Crippen LogP contribution in [0.1, 0.15) is 12.8 Å². The smallest absolute Gasteiger partial charge is 0.311 e. The summed E-state index contributed by atoms with van der Waals surface area (Å²) in [5.41, 5.74) is 0. The molecule has 0 aliphatic carbocycles. The first-order chi connectivity index (χ1) is 14.8. The topological polar surface area (TPSA) is 105 Å². The standard InChI is InChI=1S/C22H24O8S/c1-27-17-5-3-7-19(11-17)29-21(23)9-15-13-31(25,26)14-16(15)10-22(24)30-20-8-4-6-18(12-20)28-2/h3-8,11-12,15-16H,9-10,13-14H2,1-2H3. The first-order valence-electron chi connectivity index (χ1n) is 9.68. The van der Waals surface area contributed by atoms with Gasteiger partial charge in [-0.2, -0.15) is 0 Å². The molecule has 0 amide bonds. The van der Waals surface area contributed by atoms with Crippen molar-refractivity contribution in [2.45, 2.75) is 12.8 Å². The van der Waals surface area contributed by atoms with E-state index in [2.05, 4.69) is 0 Å². The van der Waals surface area contributed by atoms with Gasteiger partial charge in [-0.1, -0.05) is 12.1 Å². The Morgan fingerprint density at radius 2 is 1.16 bits per heavy atom. The van der Waals surface area contributed by atoms with Gasteiger partial charge >= 0.3 is 11.9 Å². The molecule has 166 valence electrons. The molecule has 3 rings (SSSR count). The molecule has 2 aromatic rings. The Balaban J connectivity index is 1.62. The molecule has 1 heterocycles. The summed E-state index contributed by atoms with van der Waals surface area (Å²) in [4.78, 5) is 24.8. The summed E-state index contributed by atoms with van der Waals surface area (Å²) in [6.45, 7) is 0. The monoisotopic (exact) mass is 448 g/mol. The van der Waals surface area contributed by atoms with Gasteiger partial charge < -0.3 is 18.9 Å². The first kappa shape index (κ1) is 22.6. The number of hydrogen-bond acceptors (Lipinski definition) is 8. The van der Waals surface area contributed by atoms with Gasteiger partial charge in [-0.25, -0.2) is 8.42 Å². The van der Waals surface area contributed by atoms with E-state index in [-0.39, 0.29) is 24.3 Å². The van der Waals surface area contributed by atoms with Crippen LogP contribution in [0.15, 0.2) is 48.5 Å². The maximum Gasteiger partial charge on any atom is 0.311 e. The highest BCUT2D eigenvalue weighted by atomic mass is 32.2. The Bertz CT molecular complexity index is 969. The predicted octanol–water partition coefficient (Wildman–Crippen LogP) is 2.66. The van der Waals surface area contributed by atoms with Gasteiger partial charge in [0, 0.05) is 12.1 Å². The average Bonchev–Trinajstić information content (AvgIpc) is 3.00. The number of carbonyl (C=O) groups is 2. The van der Waals surface area contributed by atoms with Crippen LogP contribution in [-0.2, 0) is 19.4 Å². The molecule has 1 aliphatic rings. The maximum absolute atomic E-state index is 12.4. The van der Waals surface area contributed by atoms with Crippen molar-refractivity contribution in [2.75, 3.05) is 25.7 Å². The minimum atomic E-state index is -3.36. The fourth-order valence-electron chi connectivity index (χ4n) is 3.55. The van der Waals surface area contributed by atoms with Crippen molar-refractivity contribution in [2.24, 2.45) is 11.8 Å². The molecule has 2 aromatic carbocycles. The number of rotatable bonds is 8. The average molecular weight is 448 g/mol. The van der Waals surface area contributed by atoms with Gasteiger partial charge in [0.2, 0.25) is 0 Å². The van der Waals surface area contributed by atoms with E-state index < -0.39 is 33.6 Å². The van der Waals surface area contributed by atoms with Crippen LogP contribution in [0.5, 0.6) is 23.0 Å². The van der Waals surface area contributed by atoms with Gasteiger partial charge in [0.1, 0.15) is 23.0 Å². The molecule has 0 N–H and O–H groups in total. The molecule has 0 bridgehead atoms. The van der Waals surface area contributed by atoms with Crippen molar-refractivity contribution in [1.82, 2.24) is 0 Å². The molecule has 0 radical (unpaired) electrons. The van der Waals surface area contributed by atoms with E-state index in [1.54, 1.807) is 48.5 Å². The van der Waals surface area contributed by atoms with E-state index in [1.165, 1.54) is 14.2 Å². The molecule has 2 unspecified atom stereocenters. The Morgan fingerprint density at radius 1 is 0.774 bits per heavy atom. The molecule has 8 nitrogen and oxygen atoms in total. The van der Waals surface area contributed by atoms with Gasteiger partial charge in [0.15, 0.2) is 9.84 Å². The van der Waals surface area contributed by atoms with Crippen molar-refractivity contribution >= 4 is 21.8 Å². The van der Waals surface area contributed by atoms with Crippen LogP contribution in [0, 0.1) is 11.8 Å². The zero-order valence-electron chi connectivity index (χ0n) is 17.3. The van der Waals surface area contributed by atoms with Gasteiger partial charge in [0.05, 0.1) is 38.6 Å². The quantitative estimate of drug-likeness (QED) is 0.448. The molecule has 2 atom stereocenters. The fourth-order valence-corrected chi connectivity index (χ4v) is 5.77. The Morgan fingerprint density at radius 3 is 1.55 bits per heavy atom. The highest BCUT2D eigenvalue weighted by molar-refractivity contribution is 7.91. The lowest BCUT2D eigenvalue weighted by molar-refractivity contribution is -0.138. The third-order valence-corrected chi connectivity index (χ3v) is 6.88. The minimum Gasteiger partial charge on any atom is -0.497 e. The second-order valence-corrected chi connectivity index (χ2v) is 9.47. The van der Waals surface area contributed by atoms with Crippen LogP contribution in [-0.4, -0.2) is 46.1 Å². The summed E-state index contributed by atoms with van der Waals surface area (Å²) < 4.78 is 45.1. The molecule has 1 aliphatic heterocycles. The van der Waals surface area contributed by atoms with Crippen LogP contribution in [0.2, 0.25) is 0 Å². The Hall–Kier alpha value is -3.07. The van der Waals surface area contributed by atoms with Crippen molar-refractivity contribution in [3.8, 4) is 23.0 Å². The van der Waals surface area contributed by atoms with Crippen LogP contribution in [0.3, 0.4) is 0 Å². The normalized spacial score (nSPS) is 19.4. The van der Waals surface area contributed by atoms with Crippen LogP contribution in [0.4, 0.5) is 0 Å². The summed E-state index contributed by atoms with van der Waals surface area (Å²) in [6.07, 6.45) is -0.235. The lowest BCUT2D eigenvalue weighted by Gasteiger charge is -2.16. The summed E-state index contributed by atoms with van der Waals surface area (Å²) in [5, 5.41) is 0. The molecular weight excluding hydrogens is 424 g/mol. The van der Waals surface area contributed by atoms with E-state index in [4.69, 9.17) is 18.9 Å². The number of hydrogen-bond donors (Lipinski definition) is 0. The number of methoxy groups -OCH3 is 2. The van der Waals surface area contributed by atoms with E-state index >= 15 is 0 Å². The molecule has 9 heteroatoms. The molecular formula is C22H24O8S. The molecule has 0 spiro atoms. The minimum absolute atomic E-state index is 0.118. The fraction of sp³-hybridized carbons (Fsp3) is 0.364. The molecule has 0 aromatic heterocycles. The SMILES string of the molecule is COc1cccc(OC(=O)CC2CS(=O)(=O)CC2CC(=O)Oc2cccc(OC)c2)c1. The van der Waals surface area contributed by atoms with Crippen molar-refractivity contribution in [3.63, 3.8) is 0 Å². The van der Waals surface area contributed by atoms with E-state index in [9.17, 15) is 18.0 Å². The maximum atomic E-state index is 12.4. The largest absolute Gasteiger partial charge is 0.497 e. The zero-order chi connectivity index (χ0) is 22.4. The van der Waals surface area contributed by atoms with Gasteiger partial charge in [0.25, 0.3) is 0 Å². The van der Waals surface area contributed by atoms with E-state index in [0.717, 1.165) is 0 Å². The molecule has 1 saturated heterocycles. The molecule has 1 fully saturated rings. The number of sulfone groups is 1. The lowest BCUT2D eigenvalue weighted by Crippen LogP contribution is -2.23. The van der Waals surface area contributed by atoms with Crippen molar-refractivity contribution in [3.05, 3.63) is 48.5 Å². The lowest BCUT2D eigenvalue weighted by atomic mass is 9.90. The summed E-state index contributed by atoms with van der Waals surface area (Å²) >= 11 is 0. The predicted molar refractivity (Wildman–Crippen MR) is 112 cm³/mol.